The Kier molecular flexibility index (Phi) is 2.81. The van der Waals surface area contributed by atoms with Crippen molar-refractivity contribution >= 4 is 5.69 Å². The van der Waals surface area contributed by atoms with Gasteiger partial charge in [-0.2, -0.15) is 13.2 Å². The molecule has 17 heavy (non-hydrogen) atoms. The monoisotopic (exact) mass is 249 g/mol. The molecule has 1 nitrogen and oxygen atoms in total. The lowest BCUT2D eigenvalue weighted by Crippen LogP contribution is -2.32. The zero-order chi connectivity index (χ0) is 12.6. The molecule has 1 aliphatic rings. The van der Waals surface area contributed by atoms with E-state index < -0.39 is 24.4 Å². The number of anilines is 1. The number of fused-ring (bicyclic) bond motifs is 1. The number of hydrogen-bond acceptors (Lipinski definition) is 1. The first-order valence-corrected chi connectivity index (χ1v) is 4.85. The lowest BCUT2D eigenvalue weighted by molar-refractivity contribution is -0.118. The molecular weight excluding hydrogens is 241 g/mol. The summed E-state index contributed by atoms with van der Waals surface area (Å²) >= 11 is 0. The smallest absolute Gasteiger partial charge is 0.337 e. The highest BCUT2D eigenvalue weighted by molar-refractivity contribution is 5.60. The van der Waals surface area contributed by atoms with E-state index in [1.165, 1.54) is 6.08 Å². The molecule has 0 unspecified atom stereocenters. The summed E-state index contributed by atoms with van der Waals surface area (Å²) in [5, 5.41) is 0. The van der Waals surface area contributed by atoms with Gasteiger partial charge in [0.05, 0.1) is 5.69 Å². The maximum absolute atomic E-state index is 13.5. The van der Waals surface area contributed by atoms with Crippen LogP contribution in [0.3, 0.4) is 0 Å². The maximum Gasteiger partial charge on any atom is 0.406 e. The number of allylic oxidation sites excluding steroid dienone is 1. The van der Waals surface area contributed by atoms with Crippen LogP contribution in [0.2, 0.25) is 0 Å². The Balaban J connectivity index is 2.40. The van der Waals surface area contributed by atoms with Gasteiger partial charge in [0.1, 0.15) is 18.2 Å². The molecule has 2 rings (SSSR count). The van der Waals surface area contributed by atoms with Crippen LogP contribution in [0.4, 0.5) is 27.6 Å². The van der Waals surface area contributed by atoms with Gasteiger partial charge in [0, 0.05) is 12.3 Å². The van der Waals surface area contributed by atoms with Gasteiger partial charge in [-0.15, -0.1) is 0 Å². The summed E-state index contributed by atoms with van der Waals surface area (Å²) in [6.07, 6.45) is -1.62. The highest BCUT2D eigenvalue weighted by Crippen LogP contribution is 2.32. The van der Waals surface area contributed by atoms with Crippen molar-refractivity contribution in [2.24, 2.45) is 0 Å². The minimum Gasteiger partial charge on any atom is -0.337 e. The van der Waals surface area contributed by atoms with Crippen LogP contribution in [0.1, 0.15) is 5.56 Å². The highest BCUT2D eigenvalue weighted by Gasteiger charge is 2.32. The minimum atomic E-state index is -4.44. The van der Waals surface area contributed by atoms with Gasteiger partial charge in [-0.1, -0.05) is 6.08 Å². The second-order valence-corrected chi connectivity index (χ2v) is 3.73. The van der Waals surface area contributed by atoms with Crippen molar-refractivity contribution in [2.45, 2.75) is 12.6 Å². The van der Waals surface area contributed by atoms with Gasteiger partial charge < -0.3 is 4.90 Å². The second kappa shape index (κ2) is 4.01. The molecule has 0 N–H and O–H groups in total. The van der Waals surface area contributed by atoms with Gasteiger partial charge >= 0.3 is 6.18 Å². The fraction of sp³-hybridized carbons (Fsp3) is 0.273. The fourth-order valence-corrected chi connectivity index (χ4v) is 1.80. The molecule has 0 aromatic heterocycles. The van der Waals surface area contributed by atoms with Crippen LogP contribution in [0.15, 0.2) is 24.4 Å². The molecule has 0 atom stereocenters. The summed E-state index contributed by atoms with van der Waals surface area (Å²) in [6, 6.07) is 1.63. The molecule has 0 spiro atoms. The van der Waals surface area contributed by atoms with E-state index in [1.54, 1.807) is 0 Å². The molecule has 0 saturated carbocycles. The first kappa shape index (κ1) is 11.9. The van der Waals surface area contributed by atoms with Crippen LogP contribution in [0, 0.1) is 11.6 Å². The number of benzene rings is 1. The summed E-state index contributed by atoms with van der Waals surface area (Å²) in [7, 11) is 0. The van der Waals surface area contributed by atoms with Crippen LogP contribution in [0.5, 0.6) is 0 Å². The molecule has 1 aromatic carbocycles. The van der Waals surface area contributed by atoms with Gasteiger partial charge in [0.15, 0.2) is 0 Å². The van der Waals surface area contributed by atoms with E-state index in [0.717, 1.165) is 17.2 Å². The molecule has 0 radical (unpaired) electrons. The Labute approximate surface area is 94.1 Å². The third-order valence-corrected chi connectivity index (χ3v) is 2.37. The molecular formula is C11H8F5N. The van der Waals surface area contributed by atoms with Gasteiger partial charge in [0.25, 0.3) is 0 Å². The molecule has 1 aromatic rings. The fourth-order valence-electron chi connectivity index (χ4n) is 1.80. The molecule has 0 aliphatic carbocycles. The largest absolute Gasteiger partial charge is 0.406 e. The first-order chi connectivity index (χ1) is 7.87. The molecule has 6 heteroatoms. The zero-order valence-corrected chi connectivity index (χ0v) is 8.56. The van der Waals surface area contributed by atoms with Crippen LogP contribution in [-0.2, 0) is 6.42 Å². The topological polar surface area (TPSA) is 3.24 Å². The molecule has 92 valence electrons. The highest BCUT2D eigenvalue weighted by atomic mass is 19.4. The molecule has 0 bridgehead atoms. The Morgan fingerprint density at radius 3 is 2.53 bits per heavy atom. The third kappa shape index (κ3) is 2.57. The average Bonchev–Trinajstić information content (AvgIpc) is 2.13. The quantitative estimate of drug-likeness (QED) is 0.689. The lowest BCUT2D eigenvalue weighted by atomic mass is 10.0. The van der Waals surface area contributed by atoms with Gasteiger partial charge in [-0.25, -0.2) is 8.78 Å². The Hall–Kier alpha value is -1.59. The van der Waals surface area contributed by atoms with Crippen LogP contribution < -0.4 is 4.90 Å². The van der Waals surface area contributed by atoms with E-state index in [4.69, 9.17) is 0 Å². The summed E-state index contributed by atoms with van der Waals surface area (Å²) in [6.45, 7) is -1.29. The van der Waals surface area contributed by atoms with Crippen molar-refractivity contribution in [2.75, 3.05) is 11.4 Å². The van der Waals surface area contributed by atoms with Crippen LogP contribution in [-0.4, -0.2) is 12.7 Å². The Morgan fingerprint density at radius 1 is 1.18 bits per heavy atom. The number of hydrogen-bond donors (Lipinski definition) is 0. The van der Waals surface area contributed by atoms with Crippen molar-refractivity contribution in [3.63, 3.8) is 0 Å². The van der Waals surface area contributed by atoms with E-state index in [9.17, 15) is 22.0 Å². The van der Waals surface area contributed by atoms with Gasteiger partial charge in [-0.3, -0.25) is 0 Å². The van der Waals surface area contributed by atoms with Crippen molar-refractivity contribution in [3.05, 3.63) is 41.6 Å². The number of alkyl halides is 3. The molecule has 1 aliphatic heterocycles. The first-order valence-electron chi connectivity index (χ1n) is 4.85. The molecule has 0 saturated heterocycles. The summed E-state index contributed by atoms with van der Waals surface area (Å²) in [5.41, 5.74) is 0.0143. The zero-order valence-electron chi connectivity index (χ0n) is 8.56. The molecule has 0 amide bonds. The number of nitrogens with zero attached hydrogens (tertiary/aromatic N) is 1. The minimum absolute atomic E-state index is 0.203. The van der Waals surface area contributed by atoms with Crippen molar-refractivity contribution in [1.82, 2.24) is 0 Å². The summed E-state index contributed by atoms with van der Waals surface area (Å²) < 4.78 is 63.2. The van der Waals surface area contributed by atoms with E-state index in [0.29, 0.717) is 6.07 Å². The van der Waals surface area contributed by atoms with Crippen LogP contribution in [0.25, 0.3) is 0 Å². The normalized spacial score (nSPS) is 15.0. The third-order valence-electron chi connectivity index (χ3n) is 2.37. The predicted molar refractivity (Wildman–Crippen MR) is 52.6 cm³/mol. The predicted octanol–water partition coefficient (Wildman–Crippen LogP) is 3.40. The second-order valence-electron chi connectivity index (χ2n) is 3.73. The van der Waals surface area contributed by atoms with Gasteiger partial charge in [0.2, 0.25) is 0 Å². The van der Waals surface area contributed by atoms with E-state index in [2.05, 4.69) is 0 Å². The maximum atomic E-state index is 13.5. The lowest BCUT2D eigenvalue weighted by Gasteiger charge is -2.27. The Morgan fingerprint density at radius 2 is 1.88 bits per heavy atom. The van der Waals surface area contributed by atoms with E-state index >= 15 is 0 Å². The van der Waals surface area contributed by atoms with E-state index in [-0.39, 0.29) is 17.7 Å². The number of rotatable bonds is 1. The Bertz CT molecular complexity index is 464. The molecule has 1 heterocycles. The van der Waals surface area contributed by atoms with Gasteiger partial charge in [-0.05, 0) is 18.1 Å². The summed E-state index contributed by atoms with van der Waals surface area (Å²) in [4.78, 5) is 0.744. The number of halogens is 5. The van der Waals surface area contributed by atoms with Crippen molar-refractivity contribution < 1.29 is 22.0 Å². The van der Waals surface area contributed by atoms with Crippen LogP contribution >= 0.6 is 0 Å². The molecule has 0 fully saturated rings. The average molecular weight is 249 g/mol. The van der Waals surface area contributed by atoms with E-state index in [1.807, 2.05) is 0 Å². The summed E-state index contributed by atoms with van der Waals surface area (Å²) in [5.74, 6) is -1.77. The van der Waals surface area contributed by atoms with Crippen molar-refractivity contribution in [3.8, 4) is 0 Å². The van der Waals surface area contributed by atoms with Crippen molar-refractivity contribution in [1.29, 1.82) is 0 Å². The standard InChI is InChI=1S/C11H8F5N/c12-8-4-7-2-1-3-17(6-11(14,15)16)10(7)9(13)5-8/h1,3-5H,2,6H2. The SMILES string of the molecule is Fc1cc(F)c2c(c1)CC=CN2CC(F)(F)F.